The average Bonchev–Trinajstić information content (AvgIpc) is 2.64. The number of aromatic nitrogens is 2. The summed E-state index contributed by atoms with van der Waals surface area (Å²) >= 11 is 0. The molecular weight excluding hydrogens is 213 g/mol. The first kappa shape index (κ1) is 10.3. The van der Waals surface area contributed by atoms with Crippen molar-refractivity contribution >= 4 is 11.9 Å². The molecule has 0 aliphatic carbocycles. The second kappa shape index (κ2) is 4.09. The van der Waals surface area contributed by atoms with E-state index in [0.717, 1.165) is 12.3 Å². The summed E-state index contributed by atoms with van der Waals surface area (Å²) in [5.74, 6) is -0.516. The molecule has 0 radical (unpaired) electrons. The lowest BCUT2D eigenvalue weighted by Gasteiger charge is -1.99. The second-order valence-electron chi connectivity index (χ2n) is 3.12. The first-order valence-electron chi connectivity index (χ1n) is 4.49. The average molecular weight is 221 g/mol. The van der Waals surface area contributed by atoms with Gasteiger partial charge in [-0.2, -0.15) is 0 Å². The molecule has 1 amide bonds. The molecule has 0 aromatic carbocycles. The summed E-state index contributed by atoms with van der Waals surface area (Å²) in [6.07, 6.45) is 3.75. The first-order chi connectivity index (χ1) is 7.65. The number of hydrogen-bond donors (Lipinski definition) is 1. The summed E-state index contributed by atoms with van der Waals surface area (Å²) in [7, 11) is 0. The monoisotopic (exact) mass is 221 g/mol. The second-order valence-corrected chi connectivity index (χ2v) is 3.12. The Morgan fingerprint density at radius 3 is 2.88 bits per heavy atom. The number of amides is 1. The van der Waals surface area contributed by atoms with Crippen LogP contribution in [0.2, 0.25) is 0 Å². The summed E-state index contributed by atoms with van der Waals surface area (Å²) in [5.41, 5.74) is 0.107. The van der Waals surface area contributed by atoms with Crippen molar-refractivity contribution in [2.24, 2.45) is 0 Å². The molecule has 82 valence electrons. The normalized spacial score (nSPS) is 10.1. The van der Waals surface area contributed by atoms with Gasteiger partial charge in [0.05, 0.1) is 18.0 Å². The third-order valence-electron chi connectivity index (χ3n) is 1.81. The first-order valence-corrected chi connectivity index (χ1v) is 4.49. The van der Waals surface area contributed by atoms with Crippen molar-refractivity contribution < 1.29 is 13.6 Å². The van der Waals surface area contributed by atoms with E-state index < -0.39 is 11.7 Å². The van der Waals surface area contributed by atoms with Crippen LogP contribution in [0.4, 0.5) is 10.4 Å². The summed E-state index contributed by atoms with van der Waals surface area (Å²) in [6.45, 7) is 1.70. The maximum Gasteiger partial charge on any atom is 0.301 e. The number of aryl methyl sites for hydroxylation is 1. The van der Waals surface area contributed by atoms with Crippen LogP contribution in [0.15, 0.2) is 29.1 Å². The molecule has 0 spiro atoms. The molecule has 0 unspecified atom stereocenters. The molecule has 0 bridgehead atoms. The number of carbonyl (C=O) groups is 1. The minimum absolute atomic E-state index is 0.0757. The molecule has 0 saturated carbocycles. The van der Waals surface area contributed by atoms with Crippen molar-refractivity contribution in [3.63, 3.8) is 0 Å². The zero-order valence-electron chi connectivity index (χ0n) is 8.40. The Labute approximate surface area is 90.3 Å². The fourth-order valence-electron chi connectivity index (χ4n) is 1.12. The smallest absolute Gasteiger partial charge is 0.301 e. The number of oxazole rings is 1. The molecular formula is C10H8FN3O2. The highest BCUT2D eigenvalue weighted by Gasteiger charge is 2.10. The van der Waals surface area contributed by atoms with E-state index in [1.54, 1.807) is 6.92 Å². The number of halogens is 1. The van der Waals surface area contributed by atoms with Crippen LogP contribution in [-0.4, -0.2) is 15.9 Å². The number of hydrogen-bond acceptors (Lipinski definition) is 4. The lowest BCUT2D eigenvalue weighted by molar-refractivity contribution is 0.102. The lowest BCUT2D eigenvalue weighted by Crippen LogP contribution is -2.12. The Kier molecular flexibility index (Phi) is 2.63. The van der Waals surface area contributed by atoms with Crippen molar-refractivity contribution in [2.75, 3.05) is 5.32 Å². The molecule has 2 rings (SSSR count). The highest BCUT2D eigenvalue weighted by molar-refractivity contribution is 6.02. The van der Waals surface area contributed by atoms with Crippen molar-refractivity contribution in [2.45, 2.75) is 6.92 Å². The van der Waals surface area contributed by atoms with Crippen molar-refractivity contribution in [1.82, 2.24) is 9.97 Å². The zero-order valence-corrected chi connectivity index (χ0v) is 8.40. The van der Waals surface area contributed by atoms with Gasteiger partial charge < -0.3 is 4.42 Å². The number of nitrogens with zero attached hydrogens (tertiary/aromatic N) is 2. The van der Waals surface area contributed by atoms with Gasteiger partial charge in [0.1, 0.15) is 11.6 Å². The summed E-state index contributed by atoms with van der Waals surface area (Å²) in [6, 6.07) is 1.16. The molecule has 1 N–H and O–H groups in total. The van der Waals surface area contributed by atoms with E-state index in [1.165, 1.54) is 12.4 Å². The van der Waals surface area contributed by atoms with E-state index in [9.17, 15) is 9.18 Å². The third kappa shape index (κ3) is 2.22. The molecule has 16 heavy (non-hydrogen) atoms. The van der Waals surface area contributed by atoms with Crippen LogP contribution in [0.25, 0.3) is 0 Å². The minimum atomic E-state index is -0.573. The van der Waals surface area contributed by atoms with Crippen molar-refractivity contribution in [1.29, 1.82) is 0 Å². The Balaban J connectivity index is 2.14. The fraction of sp³-hybridized carbons (Fsp3) is 0.100. The standard InChI is InChI=1S/C10H8FN3O2/c1-6-3-13-10(16-6)14-9(15)7-2-8(11)5-12-4-7/h2-5H,1H3,(H,13,14,15). The molecule has 0 fully saturated rings. The maximum absolute atomic E-state index is 12.8. The van der Waals surface area contributed by atoms with E-state index in [-0.39, 0.29) is 11.6 Å². The van der Waals surface area contributed by atoms with Crippen LogP contribution in [0.3, 0.4) is 0 Å². The van der Waals surface area contributed by atoms with Gasteiger partial charge in [0.25, 0.3) is 5.91 Å². The van der Waals surface area contributed by atoms with Gasteiger partial charge in [-0.15, -0.1) is 0 Å². The van der Waals surface area contributed by atoms with Crippen LogP contribution >= 0.6 is 0 Å². The van der Waals surface area contributed by atoms with Gasteiger partial charge in [-0.1, -0.05) is 0 Å². The molecule has 0 atom stereocenters. The Morgan fingerprint density at radius 1 is 1.44 bits per heavy atom. The van der Waals surface area contributed by atoms with Gasteiger partial charge in [-0.3, -0.25) is 15.1 Å². The van der Waals surface area contributed by atoms with Crippen LogP contribution in [0.5, 0.6) is 0 Å². The van der Waals surface area contributed by atoms with E-state index in [4.69, 9.17) is 4.42 Å². The SMILES string of the molecule is Cc1cnc(NC(=O)c2cncc(F)c2)o1. The zero-order chi connectivity index (χ0) is 11.5. The van der Waals surface area contributed by atoms with Gasteiger partial charge in [-0.05, 0) is 13.0 Å². The van der Waals surface area contributed by atoms with E-state index in [2.05, 4.69) is 15.3 Å². The van der Waals surface area contributed by atoms with Crippen LogP contribution in [0, 0.1) is 12.7 Å². The number of rotatable bonds is 2. The quantitative estimate of drug-likeness (QED) is 0.839. The molecule has 5 nitrogen and oxygen atoms in total. The molecule has 2 aromatic rings. The Bertz CT molecular complexity index is 524. The number of pyridine rings is 1. The number of carbonyl (C=O) groups excluding carboxylic acids is 1. The highest BCUT2D eigenvalue weighted by Crippen LogP contribution is 2.09. The summed E-state index contributed by atoms with van der Waals surface area (Å²) in [4.78, 5) is 18.9. The molecule has 0 aliphatic heterocycles. The number of nitrogens with one attached hydrogen (secondary N) is 1. The molecule has 2 aromatic heterocycles. The summed E-state index contributed by atoms with van der Waals surface area (Å²) in [5, 5.41) is 2.38. The predicted molar refractivity (Wildman–Crippen MR) is 53.4 cm³/mol. The van der Waals surface area contributed by atoms with Crippen LogP contribution < -0.4 is 5.32 Å². The summed E-state index contributed by atoms with van der Waals surface area (Å²) < 4.78 is 17.8. The minimum Gasteiger partial charge on any atom is -0.429 e. The Hall–Kier alpha value is -2.24. The molecule has 0 aliphatic rings. The van der Waals surface area contributed by atoms with Gasteiger partial charge in [0, 0.05) is 6.20 Å². The molecule has 2 heterocycles. The van der Waals surface area contributed by atoms with Gasteiger partial charge in [0.15, 0.2) is 0 Å². The highest BCUT2D eigenvalue weighted by atomic mass is 19.1. The third-order valence-corrected chi connectivity index (χ3v) is 1.81. The fourth-order valence-corrected chi connectivity index (χ4v) is 1.12. The van der Waals surface area contributed by atoms with E-state index in [0.29, 0.717) is 5.76 Å². The van der Waals surface area contributed by atoms with E-state index >= 15 is 0 Å². The van der Waals surface area contributed by atoms with Crippen LogP contribution in [-0.2, 0) is 0 Å². The maximum atomic E-state index is 12.8. The number of anilines is 1. The van der Waals surface area contributed by atoms with Gasteiger partial charge in [0.2, 0.25) is 0 Å². The largest absolute Gasteiger partial charge is 0.429 e. The van der Waals surface area contributed by atoms with Crippen molar-refractivity contribution in [3.8, 4) is 0 Å². The Morgan fingerprint density at radius 2 is 2.25 bits per heavy atom. The predicted octanol–water partition coefficient (Wildman–Crippen LogP) is 1.77. The van der Waals surface area contributed by atoms with Crippen LogP contribution in [0.1, 0.15) is 16.1 Å². The lowest BCUT2D eigenvalue weighted by atomic mass is 10.3. The molecule has 0 saturated heterocycles. The van der Waals surface area contributed by atoms with E-state index in [1.807, 2.05) is 0 Å². The van der Waals surface area contributed by atoms with Crippen molar-refractivity contribution in [3.05, 3.63) is 41.8 Å². The van der Waals surface area contributed by atoms with Gasteiger partial charge in [-0.25, -0.2) is 9.37 Å². The van der Waals surface area contributed by atoms with Gasteiger partial charge >= 0.3 is 6.01 Å². The molecule has 6 heteroatoms. The topological polar surface area (TPSA) is 68.0 Å².